The first-order chi connectivity index (χ1) is 9.60. The fourth-order valence-electron chi connectivity index (χ4n) is 2.09. The van der Waals surface area contributed by atoms with E-state index in [1.807, 2.05) is 37.3 Å². The Morgan fingerprint density at radius 2 is 1.75 bits per heavy atom. The van der Waals surface area contributed by atoms with E-state index < -0.39 is 0 Å². The number of halogens is 1. The number of hydrogen-bond donors (Lipinski definition) is 1. The van der Waals surface area contributed by atoms with Crippen LogP contribution in [0.3, 0.4) is 0 Å². The molecule has 0 heterocycles. The van der Waals surface area contributed by atoms with Crippen molar-refractivity contribution in [3.05, 3.63) is 58.1 Å². The second-order valence-electron chi connectivity index (χ2n) is 4.97. The van der Waals surface area contributed by atoms with Crippen LogP contribution >= 0.6 is 15.9 Å². The maximum atomic E-state index is 5.89. The molecule has 0 spiro atoms. The van der Waals surface area contributed by atoms with Crippen molar-refractivity contribution in [2.75, 3.05) is 0 Å². The molecule has 1 atom stereocenters. The number of nitrogens with two attached hydrogens (primary N) is 1. The highest BCUT2D eigenvalue weighted by molar-refractivity contribution is 9.10. The number of rotatable bonds is 5. The van der Waals surface area contributed by atoms with Gasteiger partial charge in [-0.1, -0.05) is 47.5 Å². The third-order valence-electron chi connectivity index (χ3n) is 3.16. The highest BCUT2D eigenvalue weighted by Crippen LogP contribution is 2.29. The summed E-state index contributed by atoms with van der Waals surface area (Å²) in [5, 5.41) is 0. The molecule has 0 unspecified atom stereocenters. The second kappa shape index (κ2) is 6.91. The normalized spacial score (nSPS) is 12.2. The molecule has 0 amide bonds. The minimum atomic E-state index is 0.00625. The molecular weight excluding hydrogens is 314 g/mol. The smallest absolute Gasteiger partial charge is 0.128 e. The predicted octanol–water partition coefficient (Wildman–Crippen LogP) is 5.21. The Morgan fingerprint density at radius 1 is 1.10 bits per heavy atom. The first kappa shape index (κ1) is 15.1. The Kier molecular flexibility index (Phi) is 5.21. The number of aryl methyl sites for hydroxylation is 1. The van der Waals surface area contributed by atoms with E-state index in [1.165, 1.54) is 5.56 Å². The van der Waals surface area contributed by atoms with Crippen LogP contribution in [0.4, 0.5) is 0 Å². The second-order valence-corrected chi connectivity index (χ2v) is 5.82. The van der Waals surface area contributed by atoms with Crippen LogP contribution in [0.2, 0.25) is 0 Å². The summed E-state index contributed by atoms with van der Waals surface area (Å²) in [5.74, 6) is 1.66. The highest BCUT2D eigenvalue weighted by atomic mass is 79.9. The molecule has 0 aliphatic rings. The van der Waals surface area contributed by atoms with Crippen LogP contribution in [0.1, 0.15) is 37.4 Å². The maximum Gasteiger partial charge on any atom is 0.128 e. The van der Waals surface area contributed by atoms with E-state index in [4.69, 9.17) is 10.5 Å². The molecule has 0 fully saturated rings. The molecule has 0 bridgehead atoms. The molecular formula is C17H20BrNO. The number of ether oxygens (including phenoxy) is 1. The molecule has 2 N–H and O–H groups in total. The molecule has 2 rings (SSSR count). The van der Waals surface area contributed by atoms with Gasteiger partial charge in [0.1, 0.15) is 11.5 Å². The van der Waals surface area contributed by atoms with E-state index in [2.05, 4.69) is 35.0 Å². The summed E-state index contributed by atoms with van der Waals surface area (Å²) in [5.41, 5.74) is 8.31. The van der Waals surface area contributed by atoms with Gasteiger partial charge >= 0.3 is 0 Å². The summed E-state index contributed by atoms with van der Waals surface area (Å²) >= 11 is 3.53. The zero-order chi connectivity index (χ0) is 14.5. The van der Waals surface area contributed by atoms with Crippen LogP contribution in [-0.4, -0.2) is 0 Å². The van der Waals surface area contributed by atoms with Gasteiger partial charge in [0.2, 0.25) is 0 Å². The molecule has 106 valence electrons. The first-order valence-electron chi connectivity index (χ1n) is 6.92. The van der Waals surface area contributed by atoms with Crippen molar-refractivity contribution in [3.8, 4) is 11.5 Å². The monoisotopic (exact) mass is 333 g/mol. The van der Waals surface area contributed by atoms with Crippen LogP contribution in [-0.2, 0) is 6.42 Å². The minimum absolute atomic E-state index is 0.00625. The lowest BCUT2D eigenvalue weighted by Crippen LogP contribution is -2.05. The van der Waals surface area contributed by atoms with Crippen LogP contribution in [0.5, 0.6) is 11.5 Å². The van der Waals surface area contributed by atoms with Crippen LogP contribution < -0.4 is 10.5 Å². The fourth-order valence-corrected chi connectivity index (χ4v) is 2.81. The predicted molar refractivity (Wildman–Crippen MR) is 87.3 cm³/mol. The third-order valence-corrected chi connectivity index (χ3v) is 3.85. The Morgan fingerprint density at radius 3 is 2.30 bits per heavy atom. The summed E-state index contributed by atoms with van der Waals surface area (Å²) < 4.78 is 6.84. The standard InChI is InChI=1S/C17H20BrNO/c1-3-4-13-5-7-14(8-6-13)20-15-9-10-16(12(2)19)17(18)11-15/h5-12H,3-4,19H2,1-2H3/t12-/m0/s1. The van der Waals surface area contributed by atoms with Gasteiger partial charge in [-0.05, 0) is 48.7 Å². The van der Waals surface area contributed by atoms with Crippen molar-refractivity contribution in [2.45, 2.75) is 32.7 Å². The molecule has 0 aliphatic heterocycles. The maximum absolute atomic E-state index is 5.89. The van der Waals surface area contributed by atoms with Crippen molar-refractivity contribution < 1.29 is 4.74 Å². The largest absolute Gasteiger partial charge is 0.457 e. The van der Waals surface area contributed by atoms with Crippen molar-refractivity contribution in [2.24, 2.45) is 5.73 Å². The zero-order valence-electron chi connectivity index (χ0n) is 11.9. The van der Waals surface area contributed by atoms with E-state index in [1.54, 1.807) is 0 Å². The summed E-state index contributed by atoms with van der Waals surface area (Å²) in [6, 6.07) is 14.2. The average molecular weight is 334 g/mol. The molecule has 0 saturated heterocycles. The lowest BCUT2D eigenvalue weighted by molar-refractivity contribution is 0.481. The lowest BCUT2D eigenvalue weighted by atomic mass is 10.1. The molecule has 0 aliphatic carbocycles. The topological polar surface area (TPSA) is 35.2 Å². The lowest BCUT2D eigenvalue weighted by Gasteiger charge is -2.11. The van der Waals surface area contributed by atoms with Gasteiger partial charge in [-0.15, -0.1) is 0 Å². The van der Waals surface area contributed by atoms with Gasteiger partial charge in [0, 0.05) is 10.5 Å². The van der Waals surface area contributed by atoms with Gasteiger partial charge in [-0.25, -0.2) is 0 Å². The van der Waals surface area contributed by atoms with Crippen molar-refractivity contribution in [1.29, 1.82) is 0 Å². The molecule has 20 heavy (non-hydrogen) atoms. The Balaban J connectivity index is 2.11. The minimum Gasteiger partial charge on any atom is -0.457 e. The van der Waals surface area contributed by atoms with E-state index in [-0.39, 0.29) is 6.04 Å². The molecule has 2 nitrogen and oxygen atoms in total. The highest BCUT2D eigenvalue weighted by Gasteiger charge is 2.06. The average Bonchev–Trinajstić information content (AvgIpc) is 2.41. The van der Waals surface area contributed by atoms with E-state index in [0.29, 0.717) is 0 Å². The molecule has 0 aromatic heterocycles. The van der Waals surface area contributed by atoms with Crippen LogP contribution in [0, 0.1) is 0 Å². The first-order valence-corrected chi connectivity index (χ1v) is 7.71. The van der Waals surface area contributed by atoms with Gasteiger partial charge in [-0.3, -0.25) is 0 Å². The quantitative estimate of drug-likeness (QED) is 0.814. The van der Waals surface area contributed by atoms with Gasteiger partial charge < -0.3 is 10.5 Å². The third kappa shape index (κ3) is 3.84. The van der Waals surface area contributed by atoms with Crippen molar-refractivity contribution in [3.63, 3.8) is 0 Å². The molecule has 2 aromatic carbocycles. The van der Waals surface area contributed by atoms with E-state index >= 15 is 0 Å². The van der Waals surface area contributed by atoms with Gasteiger partial charge in [0.05, 0.1) is 0 Å². The Labute approximate surface area is 129 Å². The molecule has 3 heteroatoms. The van der Waals surface area contributed by atoms with Gasteiger partial charge in [0.25, 0.3) is 0 Å². The Hall–Kier alpha value is -1.32. The van der Waals surface area contributed by atoms with Crippen LogP contribution in [0.15, 0.2) is 46.9 Å². The SMILES string of the molecule is CCCc1ccc(Oc2ccc([C@H](C)N)c(Br)c2)cc1. The zero-order valence-corrected chi connectivity index (χ0v) is 13.5. The van der Waals surface area contributed by atoms with Crippen LogP contribution in [0.25, 0.3) is 0 Å². The van der Waals surface area contributed by atoms with E-state index in [0.717, 1.165) is 34.4 Å². The summed E-state index contributed by atoms with van der Waals surface area (Å²) in [6.07, 6.45) is 2.26. The summed E-state index contributed by atoms with van der Waals surface area (Å²) in [4.78, 5) is 0. The number of benzene rings is 2. The van der Waals surface area contributed by atoms with Crippen molar-refractivity contribution >= 4 is 15.9 Å². The fraction of sp³-hybridized carbons (Fsp3) is 0.294. The number of hydrogen-bond acceptors (Lipinski definition) is 2. The summed E-state index contributed by atoms with van der Waals surface area (Å²) in [7, 11) is 0. The molecule has 2 aromatic rings. The van der Waals surface area contributed by atoms with Crippen molar-refractivity contribution in [1.82, 2.24) is 0 Å². The molecule has 0 saturated carbocycles. The molecule has 0 radical (unpaired) electrons. The van der Waals surface area contributed by atoms with Gasteiger partial charge in [-0.2, -0.15) is 0 Å². The van der Waals surface area contributed by atoms with Gasteiger partial charge in [0.15, 0.2) is 0 Å². The van der Waals surface area contributed by atoms with E-state index in [9.17, 15) is 0 Å². The Bertz CT molecular complexity index is 564. The summed E-state index contributed by atoms with van der Waals surface area (Å²) in [6.45, 7) is 4.15.